The summed E-state index contributed by atoms with van der Waals surface area (Å²) in [6.45, 7) is 0. The second-order valence-corrected chi connectivity index (χ2v) is 3.49. The molecule has 0 spiro atoms. The van der Waals surface area contributed by atoms with Gasteiger partial charge in [0.05, 0.1) is 5.39 Å². The number of halogens is 3. The maximum absolute atomic E-state index is 12.0. The Balaban J connectivity index is 2.56. The molecule has 0 fully saturated rings. The molecule has 0 atom stereocenters. The van der Waals surface area contributed by atoms with Crippen molar-refractivity contribution in [2.45, 2.75) is 6.36 Å². The van der Waals surface area contributed by atoms with Gasteiger partial charge in [-0.3, -0.25) is 4.79 Å². The van der Waals surface area contributed by atoms with Gasteiger partial charge in [0.2, 0.25) is 5.76 Å². The standard InChI is InChI=1S/C11H5F3O5/c12-11(13,14)19-5-1-2-8-6(3-5)7(15)4-9(18-8)10(16)17/h1-4H,(H,16,17). The van der Waals surface area contributed by atoms with Gasteiger partial charge in [0.15, 0.2) is 5.43 Å². The monoisotopic (exact) mass is 274 g/mol. The number of fused-ring (bicyclic) bond motifs is 1. The van der Waals surface area contributed by atoms with E-state index >= 15 is 0 Å². The molecule has 0 radical (unpaired) electrons. The Hall–Kier alpha value is -2.51. The van der Waals surface area contributed by atoms with Crippen molar-refractivity contribution < 1.29 is 32.2 Å². The Labute approximate surface area is 102 Å². The molecule has 5 nitrogen and oxygen atoms in total. The van der Waals surface area contributed by atoms with E-state index < -0.39 is 29.3 Å². The molecule has 1 aromatic heterocycles. The van der Waals surface area contributed by atoms with Gasteiger partial charge in [-0.2, -0.15) is 0 Å². The van der Waals surface area contributed by atoms with E-state index in [0.717, 1.165) is 18.2 Å². The second-order valence-electron chi connectivity index (χ2n) is 3.49. The normalized spacial score (nSPS) is 11.5. The van der Waals surface area contributed by atoms with E-state index in [4.69, 9.17) is 9.52 Å². The lowest BCUT2D eigenvalue weighted by atomic mass is 10.2. The van der Waals surface area contributed by atoms with Gasteiger partial charge in [-0.25, -0.2) is 4.79 Å². The zero-order chi connectivity index (χ0) is 14.2. The Kier molecular flexibility index (Phi) is 2.93. The highest BCUT2D eigenvalue weighted by Gasteiger charge is 2.31. The molecule has 1 N–H and O–H groups in total. The minimum absolute atomic E-state index is 0.139. The maximum Gasteiger partial charge on any atom is 0.573 e. The first-order valence-electron chi connectivity index (χ1n) is 4.83. The van der Waals surface area contributed by atoms with Crippen molar-refractivity contribution in [1.29, 1.82) is 0 Å². The predicted molar refractivity (Wildman–Crippen MR) is 56.1 cm³/mol. The molecular formula is C11H5F3O5. The predicted octanol–water partition coefficient (Wildman–Crippen LogP) is 2.39. The van der Waals surface area contributed by atoms with Crippen LogP contribution in [0.15, 0.2) is 33.5 Å². The molecule has 0 aliphatic heterocycles. The second kappa shape index (κ2) is 4.30. The lowest BCUT2D eigenvalue weighted by Crippen LogP contribution is -2.17. The average Bonchev–Trinajstić information content (AvgIpc) is 2.27. The molecule has 0 saturated carbocycles. The van der Waals surface area contributed by atoms with Crippen LogP contribution in [0.5, 0.6) is 5.75 Å². The molecule has 1 heterocycles. The van der Waals surface area contributed by atoms with Crippen molar-refractivity contribution in [3.8, 4) is 5.75 Å². The van der Waals surface area contributed by atoms with E-state index in [0.29, 0.717) is 6.07 Å². The highest BCUT2D eigenvalue weighted by Crippen LogP contribution is 2.25. The van der Waals surface area contributed by atoms with Crippen LogP contribution >= 0.6 is 0 Å². The average molecular weight is 274 g/mol. The van der Waals surface area contributed by atoms with Crippen LogP contribution in [0.4, 0.5) is 13.2 Å². The molecule has 0 aliphatic carbocycles. The molecule has 0 aliphatic rings. The molecular weight excluding hydrogens is 269 g/mol. The number of benzene rings is 1. The quantitative estimate of drug-likeness (QED) is 0.909. The third kappa shape index (κ3) is 2.84. The zero-order valence-electron chi connectivity index (χ0n) is 9.02. The van der Waals surface area contributed by atoms with Gasteiger partial charge in [0, 0.05) is 6.07 Å². The van der Waals surface area contributed by atoms with Crippen LogP contribution in [0.25, 0.3) is 11.0 Å². The number of hydrogen-bond acceptors (Lipinski definition) is 4. The number of rotatable bonds is 2. The van der Waals surface area contributed by atoms with Crippen LogP contribution in [0.3, 0.4) is 0 Å². The zero-order valence-corrected chi connectivity index (χ0v) is 9.02. The van der Waals surface area contributed by atoms with Gasteiger partial charge in [0.1, 0.15) is 11.3 Å². The highest BCUT2D eigenvalue weighted by atomic mass is 19.4. The first-order chi connectivity index (χ1) is 8.76. The fourth-order valence-corrected chi connectivity index (χ4v) is 1.44. The molecule has 0 bridgehead atoms. The van der Waals surface area contributed by atoms with E-state index in [1.807, 2.05) is 0 Å². The fraction of sp³-hybridized carbons (Fsp3) is 0.0909. The van der Waals surface area contributed by atoms with E-state index in [1.54, 1.807) is 0 Å². The topological polar surface area (TPSA) is 76.7 Å². The highest BCUT2D eigenvalue weighted by molar-refractivity contribution is 5.87. The van der Waals surface area contributed by atoms with Crippen LogP contribution < -0.4 is 10.2 Å². The summed E-state index contributed by atoms with van der Waals surface area (Å²) in [5.41, 5.74) is -0.911. The first kappa shape index (κ1) is 12.9. The maximum atomic E-state index is 12.0. The van der Waals surface area contributed by atoms with Crippen molar-refractivity contribution in [2.75, 3.05) is 0 Å². The van der Waals surface area contributed by atoms with E-state index in [9.17, 15) is 22.8 Å². The number of hydrogen-bond donors (Lipinski definition) is 1. The fourth-order valence-electron chi connectivity index (χ4n) is 1.44. The van der Waals surface area contributed by atoms with Crippen LogP contribution in [-0.4, -0.2) is 17.4 Å². The summed E-state index contributed by atoms with van der Waals surface area (Å²) in [4.78, 5) is 22.2. The van der Waals surface area contributed by atoms with Gasteiger partial charge in [-0.15, -0.1) is 13.2 Å². The first-order valence-corrected chi connectivity index (χ1v) is 4.83. The summed E-state index contributed by atoms with van der Waals surface area (Å²) in [5, 5.41) is 8.47. The number of carboxylic acid groups (broad SMARTS) is 1. The molecule has 2 rings (SSSR count). The smallest absolute Gasteiger partial charge is 0.475 e. The Morgan fingerprint density at radius 2 is 1.95 bits per heavy atom. The van der Waals surface area contributed by atoms with Crippen molar-refractivity contribution >= 4 is 16.9 Å². The van der Waals surface area contributed by atoms with Crippen molar-refractivity contribution in [2.24, 2.45) is 0 Å². The Bertz CT molecular complexity index is 702. The van der Waals surface area contributed by atoms with Crippen LogP contribution in [0, 0.1) is 0 Å². The number of ether oxygens (including phenoxy) is 1. The summed E-state index contributed by atoms with van der Waals surface area (Å²) in [6, 6.07) is 3.47. The number of alkyl halides is 3. The number of carboxylic acids is 1. The molecule has 0 saturated heterocycles. The summed E-state index contributed by atoms with van der Waals surface area (Å²) < 4.78 is 44.5. The largest absolute Gasteiger partial charge is 0.573 e. The minimum Gasteiger partial charge on any atom is -0.475 e. The molecule has 2 aromatic rings. The van der Waals surface area contributed by atoms with Gasteiger partial charge < -0.3 is 14.3 Å². The summed E-state index contributed by atoms with van der Waals surface area (Å²) in [7, 11) is 0. The molecule has 0 unspecified atom stereocenters. The molecule has 8 heteroatoms. The van der Waals surface area contributed by atoms with Gasteiger partial charge in [-0.05, 0) is 18.2 Å². The van der Waals surface area contributed by atoms with E-state index in [-0.39, 0.29) is 11.0 Å². The minimum atomic E-state index is -4.88. The van der Waals surface area contributed by atoms with Crippen molar-refractivity contribution in [3.05, 3.63) is 40.2 Å². The number of aromatic carboxylic acids is 1. The Morgan fingerprint density at radius 1 is 1.26 bits per heavy atom. The molecule has 19 heavy (non-hydrogen) atoms. The van der Waals surface area contributed by atoms with Crippen molar-refractivity contribution in [3.63, 3.8) is 0 Å². The third-order valence-corrected chi connectivity index (χ3v) is 2.14. The summed E-state index contributed by atoms with van der Waals surface area (Å²) >= 11 is 0. The summed E-state index contributed by atoms with van der Waals surface area (Å²) in [5.74, 6) is -2.63. The van der Waals surface area contributed by atoms with Gasteiger partial charge >= 0.3 is 12.3 Å². The van der Waals surface area contributed by atoms with E-state index in [1.165, 1.54) is 0 Å². The van der Waals surface area contributed by atoms with Crippen molar-refractivity contribution in [1.82, 2.24) is 0 Å². The van der Waals surface area contributed by atoms with Crippen LogP contribution in [0.2, 0.25) is 0 Å². The molecule has 100 valence electrons. The Morgan fingerprint density at radius 3 is 2.53 bits per heavy atom. The lowest BCUT2D eigenvalue weighted by Gasteiger charge is -2.08. The lowest BCUT2D eigenvalue weighted by molar-refractivity contribution is -0.274. The SMILES string of the molecule is O=C(O)c1cc(=O)c2cc(OC(F)(F)F)ccc2o1. The van der Waals surface area contributed by atoms with Crippen LogP contribution in [0.1, 0.15) is 10.6 Å². The third-order valence-electron chi connectivity index (χ3n) is 2.14. The van der Waals surface area contributed by atoms with Gasteiger partial charge in [0.25, 0.3) is 0 Å². The molecule has 1 aromatic carbocycles. The summed E-state index contributed by atoms with van der Waals surface area (Å²) in [6.07, 6.45) is -4.88. The van der Waals surface area contributed by atoms with Crippen LogP contribution in [-0.2, 0) is 0 Å². The number of carbonyl (C=O) groups is 1. The van der Waals surface area contributed by atoms with Gasteiger partial charge in [-0.1, -0.05) is 0 Å². The molecule has 0 amide bonds. The van der Waals surface area contributed by atoms with E-state index in [2.05, 4.69) is 4.74 Å².